The molecule has 1 aromatic rings. The van der Waals surface area contributed by atoms with Gasteiger partial charge in [-0.2, -0.15) is 5.26 Å². The number of rotatable bonds is 6. The normalized spacial score (nSPS) is 18.7. The number of carbonyl (C=O) groups is 2. The second-order valence-corrected chi connectivity index (χ2v) is 7.19. The molecular formula is C21H26N4O3. The average Bonchev–Trinajstić information content (AvgIpc) is 3.13. The minimum absolute atomic E-state index is 0.130. The zero-order chi connectivity index (χ0) is 20.0. The van der Waals surface area contributed by atoms with Crippen molar-refractivity contribution in [1.29, 1.82) is 5.26 Å². The fraction of sp³-hybridized carbons (Fsp3) is 0.476. The molecule has 1 aromatic carbocycles. The minimum atomic E-state index is -0.562. The number of nitriles is 1. The van der Waals surface area contributed by atoms with Crippen LogP contribution >= 0.6 is 0 Å². The van der Waals surface area contributed by atoms with Crippen molar-refractivity contribution < 1.29 is 14.4 Å². The monoisotopic (exact) mass is 382 g/mol. The van der Waals surface area contributed by atoms with Gasteiger partial charge in [-0.05, 0) is 18.1 Å². The summed E-state index contributed by atoms with van der Waals surface area (Å²) in [4.78, 5) is 32.7. The number of hydrogen-bond donors (Lipinski definition) is 2. The average molecular weight is 382 g/mol. The molecule has 1 saturated heterocycles. The van der Waals surface area contributed by atoms with Gasteiger partial charge in [-0.1, -0.05) is 37.3 Å². The molecule has 1 unspecified atom stereocenters. The summed E-state index contributed by atoms with van der Waals surface area (Å²) in [7, 11) is 0. The van der Waals surface area contributed by atoms with Gasteiger partial charge < -0.3 is 10.2 Å². The summed E-state index contributed by atoms with van der Waals surface area (Å²) in [6, 6.07) is 11.9. The number of carbonyl (C=O) groups excluding carboxylic acids is 2. The number of amides is 2. The number of nitrogens with zero attached hydrogens (tertiary/aromatic N) is 2. The number of hydroxylamine groups is 1. The highest BCUT2D eigenvalue weighted by atomic mass is 16.7. The molecule has 28 heavy (non-hydrogen) atoms. The molecule has 2 N–H and O–H groups in total. The lowest BCUT2D eigenvalue weighted by Crippen LogP contribution is -2.48. The molecule has 7 nitrogen and oxygen atoms in total. The van der Waals surface area contributed by atoms with E-state index in [1.165, 1.54) is 0 Å². The van der Waals surface area contributed by atoms with Crippen LogP contribution in [0.4, 0.5) is 0 Å². The maximum absolute atomic E-state index is 13.0. The van der Waals surface area contributed by atoms with Crippen LogP contribution in [-0.2, 0) is 14.4 Å². The second-order valence-electron chi connectivity index (χ2n) is 7.19. The predicted molar refractivity (Wildman–Crippen MR) is 104 cm³/mol. The van der Waals surface area contributed by atoms with Crippen molar-refractivity contribution in [1.82, 2.24) is 15.7 Å². The first-order chi connectivity index (χ1) is 13.6. The van der Waals surface area contributed by atoms with E-state index in [0.29, 0.717) is 38.2 Å². The highest BCUT2D eigenvalue weighted by Gasteiger charge is 2.41. The maximum Gasteiger partial charge on any atom is 0.269 e. The molecule has 0 saturated carbocycles. The van der Waals surface area contributed by atoms with E-state index in [4.69, 9.17) is 10.1 Å². The molecule has 1 atom stereocenters. The molecule has 2 aliphatic heterocycles. The summed E-state index contributed by atoms with van der Waals surface area (Å²) in [6.07, 6.45) is 4.10. The van der Waals surface area contributed by atoms with Crippen LogP contribution < -0.4 is 10.8 Å². The molecule has 1 fully saturated rings. The Hall–Kier alpha value is -2.85. The number of benzene rings is 1. The lowest BCUT2D eigenvalue weighted by molar-refractivity contribution is -0.138. The zero-order valence-electron chi connectivity index (χ0n) is 16.1. The largest absolute Gasteiger partial charge is 0.350 e. The third-order valence-electron chi connectivity index (χ3n) is 5.37. The van der Waals surface area contributed by atoms with E-state index < -0.39 is 5.60 Å². The highest BCUT2D eigenvalue weighted by molar-refractivity contribution is 5.93. The number of nitrogens with one attached hydrogen (secondary N) is 2. The van der Waals surface area contributed by atoms with E-state index in [1.807, 2.05) is 54.3 Å². The van der Waals surface area contributed by atoms with Crippen LogP contribution in [0.25, 0.3) is 0 Å². The Morgan fingerprint density at radius 1 is 1.32 bits per heavy atom. The van der Waals surface area contributed by atoms with Gasteiger partial charge in [0.15, 0.2) is 0 Å². The van der Waals surface area contributed by atoms with E-state index in [1.54, 1.807) is 0 Å². The van der Waals surface area contributed by atoms with Crippen LogP contribution in [0.2, 0.25) is 0 Å². The van der Waals surface area contributed by atoms with Gasteiger partial charge in [-0.15, -0.1) is 0 Å². The molecule has 2 aliphatic rings. The van der Waals surface area contributed by atoms with Gasteiger partial charge >= 0.3 is 0 Å². The fourth-order valence-electron chi connectivity index (χ4n) is 3.73. The number of hydrogen-bond acceptors (Lipinski definition) is 5. The lowest BCUT2D eigenvalue weighted by Gasteiger charge is -2.38. The molecule has 0 aliphatic carbocycles. The van der Waals surface area contributed by atoms with Crippen molar-refractivity contribution in [2.24, 2.45) is 0 Å². The molecule has 0 radical (unpaired) electrons. The van der Waals surface area contributed by atoms with Crippen molar-refractivity contribution >= 4 is 11.8 Å². The molecule has 1 spiro atoms. The fourth-order valence-corrected chi connectivity index (χ4v) is 3.73. The standard InChI is InChI=1S/C21H26N4O3/c1-2-17(16-7-4-3-5-8-16)20(27)25-13-9-21(10-14-25)15-18(24-28-21)19(26)23-12-6-11-22/h3-5,7-8,15,17,24H,2,6,9-10,12-14H2,1H3,(H,23,26). The molecule has 2 heterocycles. The summed E-state index contributed by atoms with van der Waals surface area (Å²) in [5, 5.41) is 11.2. The lowest BCUT2D eigenvalue weighted by atomic mass is 9.88. The minimum Gasteiger partial charge on any atom is -0.350 e. The summed E-state index contributed by atoms with van der Waals surface area (Å²) in [5.41, 5.74) is 3.56. The Labute approximate surface area is 165 Å². The molecule has 0 bridgehead atoms. The molecule has 2 amide bonds. The van der Waals surface area contributed by atoms with Gasteiger partial charge in [0.05, 0.1) is 18.4 Å². The molecule has 0 aromatic heterocycles. The van der Waals surface area contributed by atoms with Gasteiger partial charge in [0.1, 0.15) is 11.3 Å². The SMILES string of the molecule is CCC(C(=O)N1CCC2(C=C(C(=O)NCCC#N)NO2)CC1)c1ccccc1. The first-order valence-electron chi connectivity index (χ1n) is 9.74. The summed E-state index contributed by atoms with van der Waals surface area (Å²) < 4.78 is 0. The van der Waals surface area contributed by atoms with Crippen LogP contribution in [0.3, 0.4) is 0 Å². The van der Waals surface area contributed by atoms with E-state index in [9.17, 15) is 9.59 Å². The maximum atomic E-state index is 13.0. The smallest absolute Gasteiger partial charge is 0.269 e. The predicted octanol–water partition coefficient (Wildman–Crippen LogP) is 1.99. The van der Waals surface area contributed by atoms with Crippen LogP contribution in [0, 0.1) is 11.3 Å². The van der Waals surface area contributed by atoms with Gasteiger partial charge in [-0.25, -0.2) is 0 Å². The third-order valence-corrected chi connectivity index (χ3v) is 5.37. The van der Waals surface area contributed by atoms with Gasteiger partial charge in [0.2, 0.25) is 5.91 Å². The molecule has 3 rings (SSSR count). The van der Waals surface area contributed by atoms with Crippen molar-refractivity contribution in [2.75, 3.05) is 19.6 Å². The zero-order valence-corrected chi connectivity index (χ0v) is 16.1. The molecular weight excluding hydrogens is 356 g/mol. The number of piperidine rings is 1. The Balaban J connectivity index is 1.59. The Bertz CT molecular complexity index is 777. The second kappa shape index (κ2) is 8.89. The molecule has 148 valence electrons. The van der Waals surface area contributed by atoms with E-state index in [-0.39, 0.29) is 24.2 Å². The Kier molecular flexibility index (Phi) is 6.32. The Morgan fingerprint density at radius 3 is 2.68 bits per heavy atom. The number of likely N-dealkylation sites (tertiary alicyclic amines) is 1. The summed E-state index contributed by atoms with van der Waals surface area (Å²) in [6.45, 7) is 3.51. The van der Waals surface area contributed by atoms with Crippen molar-refractivity contribution in [2.45, 2.75) is 44.1 Å². The topological polar surface area (TPSA) is 94.5 Å². The van der Waals surface area contributed by atoms with Crippen LogP contribution in [0.15, 0.2) is 42.1 Å². The van der Waals surface area contributed by atoms with E-state index in [2.05, 4.69) is 10.8 Å². The molecule has 7 heteroatoms. The van der Waals surface area contributed by atoms with Crippen LogP contribution in [0.5, 0.6) is 0 Å². The first kappa shape index (κ1) is 19.9. The summed E-state index contributed by atoms with van der Waals surface area (Å²) >= 11 is 0. The van der Waals surface area contributed by atoms with Gasteiger partial charge in [-0.3, -0.25) is 19.9 Å². The van der Waals surface area contributed by atoms with Crippen LogP contribution in [-0.4, -0.2) is 41.9 Å². The Morgan fingerprint density at radius 2 is 2.04 bits per heavy atom. The van der Waals surface area contributed by atoms with Crippen molar-refractivity contribution in [3.63, 3.8) is 0 Å². The van der Waals surface area contributed by atoms with Gasteiger partial charge in [0, 0.05) is 32.5 Å². The van der Waals surface area contributed by atoms with Crippen molar-refractivity contribution in [3.8, 4) is 6.07 Å². The summed E-state index contributed by atoms with van der Waals surface area (Å²) in [5.74, 6) is -0.261. The quantitative estimate of drug-likeness (QED) is 0.734. The van der Waals surface area contributed by atoms with E-state index >= 15 is 0 Å². The first-order valence-corrected chi connectivity index (χ1v) is 9.74. The van der Waals surface area contributed by atoms with Crippen molar-refractivity contribution in [3.05, 3.63) is 47.7 Å². The highest BCUT2D eigenvalue weighted by Crippen LogP contribution is 2.33. The van der Waals surface area contributed by atoms with Crippen LogP contribution in [0.1, 0.15) is 44.1 Å². The van der Waals surface area contributed by atoms with Gasteiger partial charge in [0.25, 0.3) is 5.91 Å². The third kappa shape index (κ3) is 4.34. The van der Waals surface area contributed by atoms with E-state index in [0.717, 1.165) is 12.0 Å².